The third-order valence-corrected chi connectivity index (χ3v) is 8.60. The van der Waals surface area contributed by atoms with Crippen molar-refractivity contribution < 1.29 is 18.0 Å². The summed E-state index contributed by atoms with van der Waals surface area (Å²) in [5, 5.41) is 3.03. The van der Waals surface area contributed by atoms with Crippen LogP contribution in [0.15, 0.2) is 87.8 Å². The van der Waals surface area contributed by atoms with Gasteiger partial charge in [-0.15, -0.1) is 0 Å². The van der Waals surface area contributed by atoms with Crippen LogP contribution in [0.3, 0.4) is 0 Å². The van der Waals surface area contributed by atoms with Crippen LogP contribution < -0.4 is 9.62 Å². The number of hydrogen-bond acceptors (Lipinski definition) is 4. The summed E-state index contributed by atoms with van der Waals surface area (Å²) in [5.74, 6) is -0.778. The first-order valence-electron chi connectivity index (χ1n) is 12.6. The zero-order valence-electron chi connectivity index (χ0n) is 22.2. The summed E-state index contributed by atoms with van der Waals surface area (Å²) in [6, 6.07) is 22.9. The minimum atomic E-state index is -3.83. The van der Waals surface area contributed by atoms with E-state index in [1.54, 1.807) is 24.3 Å². The normalized spacial score (nSPS) is 12.8. The minimum Gasteiger partial charge on any atom is -0.352 e. The molecule has 0 bridgehead atoms. The molecule has 39 heavy (non-hydrogen) atoms. The predicted molar refractivity (Wildman–Crippen MR) is 163 cm³/mol. The maximum atomic E-state index is 14.1. The molecule has 3 rings (SSSR count). The van der Waals surface area contributed by atoms with E-state index in [1.165, 1.54) is 4.90 Å². The van der Waals surface area contributed by atoms with Gasteiger partial charge in [-0.3, -0.25) is 13.9 Å². The van der Waals surface area contributed by atoms with E-state index in [0.29, 0.717) is 10.2 Å². The number of amides is 2. The molecular weight excluding hydrogens is 646 g/mol. The smallest absolute Gasteiger partial charge is 0.244 e. The van der Waals surface area contributed by atoms with Crippen LogP contribution in [0.4, 0.5) is 5.69 Å². The molecule has 0 aromatic heterocycles. The molecule has 2 amide bonds. The Balaban J connectivity index is 2.07. The number of nitrogens with zero attached hydrogens (tertiary/aromatic N) is 2. The molecule has 2 atom stereocenters. The maximum Gasteiger partial charge on any atom is 0.244 e. The van der Waals surface area contributed by atoms with Crippen molar-refractivity contribution in [3.05, 3.63) is 98.9 Å². The van der Waals surface area contributed by atoms with Crippen molar-refractivity contribution in [2.24, 2.45) is 0 Å². The third-order valence-electron chi connectivity index (χ3n) is 6.31. The van der Waals surface area contributed by atoms with Gasteiger partial charge in [-0.1, -0.05) is 77.5 Å². The average molecular weight is 679 g/mol. The fraction of sp³-hybridized carbons (Fsp3) is 0.310. The Morgan fingerprint density at radius 2 is 1.56 bits per heavy atom. The Labute approximate surface area is 247 Å². The first-order valence-corrected chi connectivity index (χ1v) is 16.0. The molecule has 0 saturated carbocycles. The van der Waals surface area contributed by atoms with E-state index in [4.69, 9.17) is 0 Å². The van der Waals surface area contributed by atoms with Gasteiger partial charge >= 0.3 is 0 Å². The first-order chi connectivity index (χ1) is 18.5. The topological polar surface area (TPSA) is 86.8 Å². The summed E-state index contributed by atoms with van der Waals surface area (Å²) >= 11 is 6.89. The molecule has 0 radical (unpaired) electrons. The molecule has 0 unspecified atom stereocenters. The quantitative estimate of drug-likeness (QED) is 0.273. The molecule has 7 nitrogen and oxygen atoms in total. The standard InChI is InChI=1S/C29H33Br2N3O4S/c1-4-21(2)32-29(36)27(18-22-11-6-5-7-12-22)33(19-23-13-10-14-24(30)17-23)28(35)20-34(39(3,37)38)26-16-9-8-15-25(26)31/h5-17,21,27H,4,18-20H2,1-3H3,(H,32,36)/t21-,27-/m0/s1. The van der Waals surface area contributed by atoms with Crippen LogP contribution in [-0.2, 0) is 32.6 Å². The molecule has 0 saturated heterocycles. The molecule has 0 spiro atoms. The second-order valence-corrected chi connectivity index (χ2v) is 13.1. The molecule has 0 aliphatic carbocycles. The lowest BCUT2D eigenvalue weighted by Crippen LogP contribution is -2.54. The highest BCUT2D eigenvalue weighted by Gasteiger charge is 2.33. The van der Waals surface area contributed by atoms with E-state index >= 15 is 0 Å². The van der Waals surface area contributed by atoms with E-state index in [-0.39, 0.29) is 24.9 Å². The number of anilines is 1. The Morgan fingerprint density at radius 1 is 0.923 bits per heavy atom. The molecule has 10 heteroatoms. The highest BCUT2D eigenvalue weighted by Crippen LogP contribution is 2.28. The van der Waals surface area contributed by atoms with Crippen LogP contribution in [0.2, 0.25) is 0 Å². The fourth-order valence-corrected chi connectivity index (χ4v) is 6.00. The van der Waals surface area contributed by atoms with Crippen LogP contribution in [0.25, 0.3) is 0 Å². The predicted octanol–water partition coefficient (Wildman–Crippen LogP) is 5.53. The molecule has 208 valence electrons. The van der Waals surface area contributed by atoms with E-state index in [0.717, 1.165) is 32.6 Å². The van der Waals surface area contributed by atoms with Crippen molar-refractivity contribution in [2.45, 2.75) is 45.3 Å². The van der Waals surface area contributed by atoms with E-state index in [1.807, 2.05) is 68.4 Å². The number of nitrogens with one attached hydrogen (secondary N) is 1. The van der Waals surface area contributed by atoms with Gasteiger partial charge in [0.1, 0.15) is 12.6 Å². The molecule has 0 aliphatic rings. The van der Waals surface area contributed by atoms with Gasteiger partial charge in [0.2, 0.25) is 21.8 Å². The molecule has 0 fully saturated rings. The monoisotopic (exact) mass is 677 g/mol. The fourth-order valence-electron chi connectivity index (χ4n) is 4.08. The lowest BCUT2D eigenvalue weighted by Gasteiger charge is -2.34. The van der Waals surface area contributed by atoms with Gasteiger partial charge in [-0.05, 0) is 64.7 Å². The van der Waals surface area contributed by atoms with Crippen molar-refractivity contribution in [3.63, 3.8) is 0 Å². The molecular formula is C29H33Br2N3O4S. The summed E-state index contributed by atoms with van der Waals surface area (Å²) in [6.07, 6.45) is 2.07. The lowest BCUT2D eigenvalue weighted by molar-refractivity contribution is -0.140. The number of benzene rings is 3. The molecule has 3 aromatic rings. The number of para-hydroxylation sites is 1. The van der Waals surface area contributed by atoms with E-state index in [2.05, 4.69) is 37.2 Å². The summed E-state index contributed by atoms with van der Waals surface area (Å²) in [4.78, 5) is 29.2. The number of carbonyl (C=O) groups excluding carboxylic acids is 2. The van der Waals surface area contributed by atoms with Gasteiger partial charge in [0.05, 0.1) is 11.9 Å². The summed E-state index contributed by atoms with van der Waals surface area (Å²) in [7, 11) is -3.83. The van der Waals surface area contributed by atoms with Gasteiger partial charge in [0.15, 0.2) is 0 Å². The molecule has 3 aromatic carbocycles. The van der Waals surface area contributed by atoms with Gasteiger partial charge in [-0.25, -0.2) is 8.42 Å². The van der Waals surface area contributed by atoms with Crippen molar-refractivity contribution in [3.8, 4) is 0 Å². The zero-order chi connectivity index (χ0) is 28.6. The van der Waals surface area contributed by atoms with Gasteiger partial charge in [0, 0.05) is 28.0 Å². The number of rotatable bonds is 12. The SMILES string of the molecule is CC[C@H](C)NC(=O)[C@H](Cc1ccccc1)N(Cc1cccc(Br)c1)C(=O)CN(c1ccccc1Br)S(C)(=O)=O. The van der Waals surface area contributed by atoms with Crippen LogP contribution in [0.5, 0.6) is 0 Å². The third kappa shape index (κ3) is 8.91. The number of hydrogen-bond donors (Lipinski definition) is 1. The summed E-state index contributed by atoms with van der Waals surface area (Å²) in [6.45, 7) is 3.55. The maximum absolute atomic E-state index is 14.1. The molecule has 0 heterocycles. The first kappa shape index (κ1) is 30.8. The Kier molecular flexibility index (Phi) is 11.1. The highest BCUT2D eigenvalue weighted by atomic mass is 79.9. The van der Waals surface area contributed by atoms with Gasteiger partial charge < -0.3 is 10.2 Å². The highest BCUT2D eigenvalue weighted by molar-refractivity contribution is 9.10. The van der Waals surface area contributed by atoms with Gasteiger partial charge in [-0.2, -0.15) is 0 Å². The van der Waals surface area contributed by atoms with Crippen molar-refractivity contribution in [2.75, 3.05) is 17.1 Å². The van der Waals surface area contributed by atoms with Crippen LogP contribution in [0, 0.1) is 0 Å². The van der Waals surface area contributed by atoms with Crippen LogP contribution >= 0.6 is 31.9 Å². The zero-order valence-corrected chi connectivity index (χ0v) is 26.2. The second-order valence-electron chi connectivity index (χ2n) is 9.40. The largest absolute Gasteiger partial charge is 0.352 e. The Morgan fingerprint density at radius 3 is 2.18 bits per heavy atom. The van der Waals surface area contributed by atoms with Gasteiger partial charge in [0.25, 0.3) is 0 Å². The minimum absolute atomic E-state index is 0.0913. The van der Waals surface area contributed by atoms with Crippen LogP contribution in [-0.4, -0.2) is 50.0 Å². The average Bonchev–Trinajstić information content (AvgIpc) is 2.89. The number of halogens is 2. The Bertz CT molecular complexity index is 1390. The van der Waals surface area contributed by atoms with Crippen molar-refractivity contribution >= 4 is 59.4 Å². The molecule has 1 N–H and O–H groups in total. The van der Waals surface area contributed by atoms with Crippen LogP contribution in [0.1, 0.15) is 31.4 Å². The number of sulfonamides is 1. The molecule has 0 aliphatic heterocycles. The second kappa shape index (κ2) is 14.1. The van der Waals surface area contributed by atoms with Crippen molar-refractivity contribution in [1.29, 1.82) is 0 Å². The number of carbonyl (C=O) groups is 2. The van der Waals surface area contributed by atoms with E-state index in [9.17, 15) is 18.0 Å². The van der Waals surface area contributed by atoms with Crippen molar-refractivity contribution in [1.82, 2.24) is 10.2 Å². The summed E-state index contributed by atoms with van der Waals surface area (Å²) in [5.41, 5.74) is 2.04. The van der Waals surface area contributed by atoms with E-state index < -0.39 is 28.5 Å². The summed E-state index contributed by atoms with van der Waals surface area (Å²) < 4.78 is 28.2. The lowest BCUT2D eigenvalue weighted by atomic mass is 10.0. The Hall–Kier alpha value is -2.69.